The summed E-state index contributed by atoms with van der Waals surface area (Å²) >= 11 is 0. The van der Waals surface area contributed by atoms with Gasteiger partial charge in [-0.2, -0.15) is 0 Å². The second-order valence-corrected chi connectivity index (χ2v) is 5.20. The summed E-state index contributed by atoms with van der Waals surface area (Å²) in [5.74, 6) is 0.661. The maximum Gasteiger partial charge on any atom is 0.263 e. The van der Waals surface area contributed by atoms with Gasteiger partial charge in [-0.05, 0) is 19.1 Å². The molecule has 1 saturated heterocycles. The van der Waals surface area contributed by atoms with Crippen LogP contribution >= 0.6 is 0 Å². The van der Waals surface area contributed by atoms with Crippen LogP contribution in [0.1, 0.15) is 6.92 Å². The molecule has 0 saturated carbocycles. The lowest BCUT2D eigenvalue weighted by atomic mass is 10.2. The maximum absolute atomic E-state index is 12.3. The van der Waals surface area contributed by atoms with Crippen LogP contribution in [0.25, 0.3) is 10.9 Å². The molecule has 1 amide bonds. The standard InChI is InChI=1S/C16H19N3O2/c1-12(16(20)19-8-6-17-7-9-19)21-14-10-13-4-2-3-5-15(13)18-11-14/h2-5,10-12,17H,6-9H2,1H3. The number of hydrogen-bond donors (Lipinski definition) is 1. The molecular formula is C16H19N3O2. The van der Waals surface area contributed by atoms with Gasteiger partial charge in [-0.15, -0.1) is 0 Å². The van der Waals surface area contributed by atoms with E-state index >= 15 is 0 Å². The van der Waals surface area contributed by atoms with Crippen molar-refractivity contribution in [3.05, 3.63) is 36.5 Å². The van der Waals surface area contributed by atoms with E-state index in [0.29, 0.717) is 5.75 Å². The number of rotatable bonds is 3. The van der Waals surface area contributed by atoms with Crippen LogP contribution < -0.4 is 10.1 Å². The van der Waals surface area contributed by atoms with Gasteiger partial charge in [0, 0.05) is 31.6 Å². The van der Waals surface area contributed by atoms with E-state index in [1.807, 2.05) is 35.2 Å². The van der Waals surface area contributed by atoms with Crippen molar-refractivity contribution in [3.63, 3.8) is 0 Å². The summed E-state index contributed by atoms with van der Waals surface area (Å²) in [6, 6.07) is 9.77. The summed E-state index contributed by atoms with van der Waals surface area (Å²) < 4.78 is 5.76. The van der Waals surface area contributed by atoms with Crippen molar-refractivity contribution in [2.75, 3.05) is 26.2 Å². The summed E-state index contributed by atoms with van der Waals surface area (Å²) in [4.78, 5) is 18.5. The normalized spacial score (nSPS) is 16.7. The lowest BCUT2D eigenvalue weighted by molar-refractivity contribution is -0.138. The van der Waals surface area contributed by atoms with Gasteiger partial charge in [-0.1, -0.05) is 18.2 Å². The smallest absolute Gasteiger partial charge is 0.263 e. The zero-order valence-electron chi connectivity index (χ0n) is 12.1. The molecular weight excluding hydrogens is 266 g/mol. The Morgan fingerprint density at radius 2 is 2.10 bits per heavy atom. The van der Waals surface area contributed by atoms with Gasteiger partial charge in [0.25, 0.3) is 5.91 Å². The van der Waals surface area contributed by atoms with E-state index in [2.05, 4.69) is 10.3 Å². The first kappa shape index (κ1) is 13.8. The monoisotopic (exact) mass is 285 g/mol. The van der Waals surface area contributed by atoms with Crippen LogP contribution in [-0.2, 0) is 4.79 Å². The van der Waals surface area contributed by atoms with Gasteiger partial charge >= 0.3 is 0 Å². The van der Waals surface area contributed by atoms with Crippen LogP contribution in [0.15, 0.2) is 36.5 Å². The Labute approximate surface area is 123 Å². The number of piperazine rings is 1. The fourth-order valence-corrected chi connectivity index (χ4v) is 2.51. The van der Waals surface area contributed by atoms with Crippen molar-refractivity contribution < 1.29 is 9.53 Å². The lowest BCUT2D eigenvalue weighted by Gasteiger charge is -2.29. The highest BCUT2D eigenvalue weighted by Crippen LogP contribution is 2.19. The van der Waals surface area contributed by atoms with Gasteiger partial charge in [0.1, 0.15) is 5.75 Å². The van der Waals surface area contributed by atoms with E-state index in [0.717, 1.165) is 37.1 Å². The summed E-state index contributed by atoms with van der Waals surface area (Å²) in [6.07, 6.45) is 1.18. The molecule has 0 bridgehead atoms. The molecule has 1 N–H and O–H groups in total. The number of ether oxygens (including phenoxy) is 1. The van der Waals surface area contributed by atoms with Gasteiger partial charge in [-0.25, -0.2) is 0 Å². The minimum Gasteiger partial charge on any atom is -0.479 e. The molecule has 1 atom stereocenters. The Bertz CT molecular complexity index is 638. The quantitative estimate of drug-likeness (QED) is 0.927. The molecule has 0 spiro atoms. The Balaban J connectivity index is 1.70. The number of para-hydroxylation sites is 1. The summed E-state index contributed by atoms with van der Waals surface area (Å²) in [5, 5.41) is 4.24. The van der Waals surface area contributed by atoms with Gasteiger partial charge in [0.2, 0.25) is 0 Å². The fourth-order valence-electron chi connectivity index (χ4n) is 2.51. The Hall–Kier alpha value is -2.14. The van der Waals surface area contributed by atoms with Crippen molar-refractivity contribution in [3.8, 4) is 5.75 Å². The summed E-state index contributed by atoms with van der Waals surface area (Å²) in [7, 11) is 0. The molecule has 3 rings (SSSR count). The second kappa shape index (κ2) is 6.10. The zero-order valence-corrected chi connectivity index (χ0v) is 12.1. The molecule has 5 heteroatoms. The highest BCUT2D eigenvalue weighted by molar-refractivity contribution is 5.82. The molecule has 1 fully saturated rings. The third kappa shape index (κ3) is 3.13. The molecule has 110 valence electrons. The molecule has 1 aromatic carbocycles. The van der Waals surface area contributed by atoms with Crippen LogP contribution in [0, 0.1) is 0 Å². The number of pyridine rings is 1. The minimum absolute atomic E-state index is 0.0321. The van der Waals surface area contributed by atoms with E-state index in [1.54, 1.807) is 13.1 Å². The molecule has 1 unspecified atom stereocenters. The highest BCUT2D eigenvalue weighted by Gasteiger charge is 2.23. The minimum atomic E-state index is -0.494. The Morgan fingerprint density at radius 1 is 1.33 bits per heavy atom. The molecule has 2 heterocycles. The van der Waals surface area contributed by atoms with Crippen LogP contribution in [-0.4, -0.2) is 48.1 Å². The first-order valence-corrected chi connectivity index (χ1v) is 7.25. The first-order chi connectivity index (χ1) is 10.2. The molecule has 21 heavy (non-hydrogen) atoms. The predicted octanol–water partition coefficient (Wildman–Crippen LogP) is 1.43. The number of aromatic nitrogens is 1. The fraction of sp³-hybridized carbons (Fsp3) is 0.375. The van der Waals surface area contributed by atoms with E-state index in [9.17, 15) is 4.79 Å². The molecule has 5 nitrogen and oxygen atoms in total. The molecule has 0 radical (unpaired) electrons. The average molecular weight is 285 g/mol. The maximum atomic E-state index is 12.3. The van der Waals surface area contributed by atoms with Crippen LogP contribution in [0.2, 0.25) is 0 Å². The first-order valence-electron chi connectivity index (χ1n) is 7.25. The number of carbonyl (C=O) groups is 1. The number of carbonyl (C=O) groups excluding carboxylic acids is 1. The SMILES string of the molecule is CC(Oc1cnc2ccccc2c1)C(=O)N1CCNCC1. The van der Waals surface area contributed by atoms with Crippen molar-refractivity contribution in [2.45, 2.75) is 13.0 Å². The lowest BCUT2D eigenvalue weighted by Crippen LogP contribution is -2.50. The van der Waals surface area contributed by atoms with Crippen molar-refractivity contribution >= 4 is 16.8 Å². The number of nitrogens with one attached hydrogen (secondary N) is 1. The summed E-state index contributed by atoms with van der Waals surface area (Å²) in [6.45, 7) is 4.95. The van der Waals surface area contributed by atoms with E-state index < -0.39 is 6.10 Å². The third-order valence-electron chi connectivity index (χ3n) is 3.65. The third-order valence-corrected chi connectivity index (χ3v) is 3.65. The van der Waals surface area contributed by atoms with Crippen molar-refractivity contribution in [1.82, 2.24) is 15.2 Å². The largest absolute Gasteiger partial charge is 0.479 e. The average Bonchev–Trinajstić information content (AvgIpc) is 2.55. The van der Waals surface area contributed by atoms with Crippen LogP contribution in [0.4, 0.5) is 0 Å². The predicted molar refractivity (Wildman–Crippen MR) is 81.3 cm³/mol. The molecule has 2 aromatic rings. The highest BCUT2D eigenvalue weighted by atomic mass is 16.5. The number of fused-ring (bicyclic) bond motifs is 1. The zero-order chi connectivity index (χ0) is 14.7. The Kier molecular flexibility index (Phi) is 4.01. The molecule has 1 aliphatic heterocycles. The second-order valence-electron chi connectivity index (χ2n) is 5.20. The van der Waals surface area contributed by atoms with Gasteiger partial charge in [0.15, 0.2) is 6.10 Å². The molecule has 1 aromatic heterocycles. The van der Waals surface area contributed by atoms with E-state index in [1.165, 1.54) is 0 Å². The Morgan fingerprint density at radius 3 is 2.90 bits per heavy atom. The van der Waals surface area contributed by atoms with Gasteiger partial charge in [-0.3, -0.25) is 9.78 Å². The van der Waals surface area contributed by atoms with Gasteiger partial charge in [0.05, 0.1) is 11.7 Å². The van der Waals surface area contributed by atoms with Crippen molar-refractivity contribution in [2.24, 2.45) is 0 Å². The molecule has 0 aliphatic carbocycles. The topological polar surface area (TPSA) is 54.5 Å². The number of benzene rings is 1. The summed E-state index contributed by atoms with van der Waals surface area (Å²) in [5.41, 5.74) is 0.922. The van der Waals surface area contributed by atoms with E-state index in [4.69, 9.17) is 4.74 Å². The van der Waals surface area contributed by atoms with E-state index in [-0.39, 0.29) is 5.91 Å². The van der Waals surface area contributed by atoms with Gasteiger partial charge < -0.3 is 15.0 Å². The number of nitrogens with zero attached hydrogens (tertiary/aromatic N) is 2. The van der Waals surface area contributed by atoms with Crippen molar-refractivity contribution in [1.29, 1.82) is 0 Å². The van der Waals surface area contributed by atoms with Crippen LogP contribution in [0.3, 0.4) is 0 Å². The number of hydrogen-bond acceptors (Lipinski definition) is 4. The molecule has 1 aliphatic rings. The van der Waals surface area contributed by atoms with Crippen LogP contribution in [0.5, 0.6) is 5.75 Å². The number of amides is 1.